The van der Waals surface area contributed by atoms with Crippen LogP contribution in [-0.2, 0) is 21.5 Å². The fourth-order valence-corrected chi connectivity index (χ4v) is 4.28. The molecule has 134 valence electrons. The molecule has 1 amide bonds. The predicted octanol–water partition coefficient (Wildman–Crippen LogP) is 1.60. The number of amides is 1. The Hall–Kier alpha value is -1.44. The van der Waals surface area contributed by atoms with E-state index < -0.39 is 10.2 Å². The fourth-order valence-electron chi connectivity index (χ4n) is 3.13. The van der Waals surface area contributed by atoms with E-state index in [0.717, 1.165) is 18.4 Å². The second-order valence-electron chi connectivity index (χ2n) is 6.44. The number of carbonyl (C=O) groups is 1. The fraction of sp³-hybridized carbons (Fsp3) is 0.588. The standard InChI is InChI=1S/C17H27N3O3S/c1-4-8-16-12-20(14(2)21)13-17(16)18-24(22,23)19(3)11-15-9-6-5-7-10-15/h5-7,9-10,16-18H,4,8,11-13H2,1-3H3. The Morgan fingerprint density at radius 3 is 2.54 bits per heavy atom. The number of nitrogens with one attached hydrogen (secondary N) is 1. The largest absolute Gasteiger partial charge is 0.341 e. The lowest BCUT2D eigenvalue weighted by molar-refractivity contribution is -0.127. The number of nitrogens with zero attached hydrogens (tertiary/aromatic N) is 2. The van der Waals surface area contributed by atoms with Gasteiger partial charge in [0.15, 0.2) is 0 Å². The van der Waals surface area contributed by atoms with Crippen molar-refractivity contribution in [1.82, 2.24) is 13.9 Å². The normalized spacial score (nSPS) is 21.4. The van der Waals surface area contributed by atoms with Crippen molar-refractivity contribution < 1.29 is 13.2 Å². The molecule has 0 bridgehead atoms. The van der Waals surface area contributed by atoms with Crippen LogP contribution in [-0.4, -0.2) is 49.7 Å². The van der Waals surface area contributed by atoms with Crippen molar-refractivity contribution >= 4 is 16.1 Å². The number of carbonyl (C=O) groups excluding carboxylic acids is 1. The topological polar surface area (TPSA) is 69.7 Å². The first-order valence-electron chi connectivity index (χ1n) is 8.36. The summed E-state index contributed by atoms with van der Waals surface area (Å²) in [5, 5.41) is 0. The average molecular weight is 353 g/mol. The van der Waals surface area contributed by atoms with Crippen LogP contribution in [0.1, 0.15) is 32.3 Å². The van der Waals surface area contributed by atoms with Crippen LogP contribution in [0.3, 0.4) is 0 Å². The Balaban J connectivity index is 2.04. The zero-order valence-corrected chi connectivity index (χ0v) is 15.4. The monoisotopic (exact) mass is 353 g/mol. The summed E-state index contributed by atoms with van der Waals surface area (Å²) in [4.78, 5) is 13.3. The van der Waals surface area contributed by atoms with Crippen LogP contribution in [0.4, 0.5) is 0 Å². The number of hydrogen-bond donors (Lipinski definition) is 1. The Labute approximate surface area is 145 Å². The summed E-state index contributed by atoms with van der Waals surface area (Å²) in [6, 6.07) is 9.26. The molecule has 1 aromatic carbocycles. The van der Waals surface area contributed by atoms with Gasteiger partial charge in [0.1, 0.15) is 0 Å². The Kier molecular flexibility index (Phi) is 6.37. The molecule has 0 aliphatic carbocycles. The minimum absolute atomic E-state index is 0.00422. The molecule has 0 radical (unpaired) electrons. The maximum Gasteiger partial charge on any atom is 0.279 e. The summed E-state index contributed by atoms with van der Waals surface area (Å²) in [6.07, 6.45) is 1.87. The summed E-state index contributed by atoms with van der Waals surface area (Å²) in [6.45, 7) is 4.99. The lowest BCUT2D eigenvalue weighted by atomic mass is 9.99. The van der Waals surface area contributed by atoms with E-state index in [2.05, 4.69) is 11.6 Å². The predicted molar refractivity (Wildman–Crippen MR) is 94.4 cm³/mol. The third-order valence-electron chi connectivity index (χ3n) is 4.50. The van der Waals surface area contributed by atoms with Gasteiger partial charge in [0.25, 0.3) is 10.2 Å². The highest BCUT2D eigenvalue weighted by atomic mass is 32.2. The number of rotatable bonds is 7. The summed E-state index contributed by atoms with van der Waals surface area (Å²) >= 11 is 0. The highest BCUT2D eigenvalue weighted by molar-refractivity contribution is 7.87. The van der Waals surface area contributed by atoms with Gasteiger partial charge in [-0.3, -0.25) is 4.79 Å². The molecule has 24 heavy (non-hydrogen) atoms. The van der Waals surface area contributed by atoms with E-state index >= 15 is 0 Å². The van der Waals surface area contributed by atoms with E-state index in [-0.39, 0.29) is 17.9 Å². The molecule has 1 aromatic rings. The van der Waals surface area contributed by atoms with E-state index in [1.54, 1.807) is 11.9 Å². The third-order valence-corrected chi connectivity index (χ3v) is 6.05. The van der Waals surface area contributed by atoms with Crippen LogP contribution in [0.5, 0.6) is 0 Å². The highest BCUT2D eigenvalue weighted by Crippen LogP contribution is 2.23. The SMILES string of the molecule is CCCC1CN(C(C)=O)CC1NS(=O)(=O)N(C)Cc1ccccc1. The summed E-state index contributed by atoms with van der Waals surface area (Å²) < 4.78 is 29.4. The molecular weight excluding hydrogens is 326 g/mol. The first-order valence-corrected chi connectivity index (χ1v) is 9.80. The first kappa shape index (κ1) is 18.9. The van der Waals surface area contributed by atoms with Crippen LogP contribution in [0, 0.1) is 5.92 Å². The summed E-state index contributed by atoms with van der Waals surface area (Å²) in [7, 11) is -2.03. The molecule has 6 nitrogen and oxygen atoms in total. The lowest BCUT2D eigenvalue weighted by Crippen LogP contribution is -2.46. The molecule has 0 spiro atoms. The molecule has 1 aliphatic rings. The molecule has 1 heterocycles. The van der Waals surface area contributed by atoms with Crippen LogP contribution < -0.4 is 4.72 Å². The van der Waals surface area contributed by atoms with E-state index in [1.807, 2.05) is 30.3 Å². The molecule has 0 aromatic heterocycles. The second-order valence-corrected chi connectivity index (χ2v) is 8.25. The molecule has 1 fully saturated rings. The van der Waals surface area contributed by atoms with E-state index in [4.69, 9.17) is 0 Å². The van der Waals surface area contributed by atoms with Crippen molar-refractivity contribution in [2.75, 3.05) is 20.1 Å². The van der Waals surface area contributed by atoms with Crippen molar-refractivity contribution in [3.8, 4) is 0 Å². The minimum atomic E-state index is -3.60. The molecule has 7 heteroatoms. The molecule has 1 N–H and O–H groups in total. The zero-order valence-electron chi connectivity index (χ0n) is 14.6. The van der Waals surface area contributed by atoms with Crippen LogP contribution in [0.15, 0.2) is 30.3 Å². The quantitative estimate of drug-likeness (QED) is 0.809. The van der Waals surface area contributed by atoms with E-state index in [9.17, 15) is 13.2 Å². The zero-order chi connectivity index (χ0) is 17.7. The van der Waals surface area contributed by atoms with Gasteiger partial charge in [0.05, 0.1) is 0 Å². The first-order chi connectivity index (χ1) is 11.3. The van der Waals surface area contributed by atoms with Crippen molar-refractivity contribution in [3.05, 3.63) is 35.9 Å². The Morgan fingerprint density at radius 2 is 1.96 bits per heavy atom. The van der Waals surface area contributed by atoms with Gasteiger partial charge in [-0.2, -0.15) is 17.4 Å². The molecule has 2 atom stereocenters. The van der Waals surface area contributed by atoms with Gasteiger partial charge < -0.3 is 4.90 Å². The molecule has 1 saturated heterocycles. The van der Waals surface area contributed by atoms with Gasteiger partial charge in [-0.15, -0.1) is 0 Å². The Morgan fingerprint density at radius 1 is 1.29 bits per heavy atom. The van der Waals surface area contributed by atoms with Gasteiger partial charge >= 0.3 is 0 Å². The number of benzene rings is 1. The lowest BCUT2D eigenvalue weighted by Gasteiger charge is -2.23. The number of likely N-dealkylation sites (tertiary alicyclic amines) is 1. The van der Waals surface area contributed by atoms with Gasteiger partial charge in [-0.05, 0) is 17.9 Å². The van der Waals surface area contributed by atoms with E-state index in [1.165, 1.54) is 11.2 Å². The van der Waals surface area contributed by atoms with Crippen LogP contribution in [0.2, 0.25) is 0 Å². The maximum atomic E-state index is 12.6. The van der Waals surface area contributed by atoms with Crippen LogP contribution in [0.25, 0.3) is 0 Å². The van der Waals surface area contributed by atoms with Gasteiger partial charge in [-0.25, -0.2) is 0 Å². The van der Waals surface area contributed by atoms with Crippen molar-refractivity contribution in [3.63, 3.8) is 0 Å². The number of hydrogen-bond acceptors (Lipinski definition) is 3. The maximum absolute atomic E-state index is 12.6. The van der Waals surface area contributed by atoms with Gasteiger partial charge in [0.2, 0.25) is 5.91 Å². The van der Waals surface area contributed by atoms with Crippen LogP contribution >= 0.6 is 0 Å². The minimum Gasteiger partial charge on any atom is -0.341 e. The third kappa shape index (κ3) is 4.78. The average Bonchev–Trinajstić information content (AvgIpc) is 2.91. The summed E-state index contributed by atoms with van der Waals surface area (Å²) in [5.41, 5.74) is 0.937. The second kappa shape index (κ2) is 8.09. The summed E-state index contributed by atoms with van der Waals surface area (Å²) in [5.74, 6) is 0.161. The van der Waals surface area contributed by atoms with Crippen molar-refractivity contribution in [1.29, 1.82) is 0 Å². The van der Waals surface area contributed by atoms with Crippen molar-refractivity contribution in [2.45, 2.75) is 39.3 Å². The van der Waals surface area contributed by atoms with Gasteiger partial charge in [-0.1, -0.05) is 43.7 Å². The Bertz CT molecular complexity index is 648. The molecule has 2 unspecified atom stereocenters. The molecular formula is C17H27N3O3S. The molecule has 2 rings (SSSR count). The van der Waals surface area contributed by atoms with E-state index in [0.29, 0.717) is 19.6 Å². The van der Waals surface area contributed by atoms with Gasteiger partial charge in [0, 0.05) is 39.6 Å². The molecule has 0 saturated carbocycles. The molecule has 1 aliphatic heterocycles. The highest BCUT2D eigenvalue weighted by Gasteiger charge is 2.36. The smallest absolute Gasteiger partial charge is 0.279 e. The van der Waals surface area contributed by atoms with Crippen molar-refractivity contribution in [2.24, 2.45) is 5.92 Å².